The number of sulfone groups is 1. The van der Waals surface area contributed by atoms with Gasteiger partial charge in [0.1, 0.15) is 29.8 Å². The number of hydrogen-bond acceptors (Lipinski definition) is 17. The molecule has 3 saturated heterocycles. The summed E-state index contributed by atoms with van der Waals surface area (Å²) >= 11 is 0. The summed E-state index contributed by atoms with van der Waals surface area (Å²) in [5.74, 6) is -0.294. The number of anilines is 2. The maximum Gasteiger partial charge on any atom is 0.264 e. The van der Waals surface area contributed by atoms with Crippen LogP contribution in [0.15, 0.2) is 71.9 Å². The number of nitrogens with one attached hydrogen (secondary N) is 2. The smallest absolute Gasteiger partial charge is 0.264 e. The van der Waals surface area contributed by atoms with Gasteiger partial charge >= 0.3 is 0 Å². The maximum absolute atomic E-state index is 13.3. The molecule has 0 saturated carbocycles. The van der Waals surface area contributed by atoms with E-state index < -0.39 is 44.8 Å². The normalized spacial score (nSPS) is 17.9. The third-order valence-electron chi connectivity index (χ3n) is 13.8. The monoisotopic (exact) mass is 1020 g/mol. The highest BCUT2D eigenvalue weighted by molar-refractivity contribution is 7.92. The first kappa shape index (κ1) is 52.9. The summed E-state index contributed by atoms with van der Waals surface area (Å²) in [4.78, 5) is 84.9. The summed E-state index contributed by atoms with van der Waals surface area (Å²) in [5, 5.41) is 4.81. The Bertz CT molecular complexity index is 2740. The highest BCUT2D eigenvalue weighted by atomic mass is 32.2. The van der Waals surface area contributed by atoms with Gasteiger partial charge in [-0.15, -0.1) is 0 Å². The van der Waals surface area contributed by atoms with Gasteiger partial charge in [-0.25, -0.2) is 23.4 Å². The Labute approximate surface area is 426 Å². The zero-order valence-corrected chi connectivity index (χ0v) is 42.6. The van der Waals surface area contributed by atoms with Gasteiger partial charge in [0.25, 0.3) is 11.8 Å². The first-order chi connectivity index (χ1) is 35.3. The highest BCUT2D eigenvalue weighted by Gasteiger charge is 2.45. The Morgan fingerprint density at radius 1 is 0.781 bits per heavy atom. The average molecular weight is 1020 g/mol. The number of fused-ring (bicyclic) bond motifs is 1. The van der Waals surface area contributed by atoms with Crippen molar-refractivity contribution in [3.05, 3.63) is 101 Å². The maximum atomic E-state index is 13.3. The molecule has 390 valence electrons. The predicted octanol–water partition coefficient (Wildman–Crippen LogP) is 3.31. The molecule has 1 aromatic heterocycles. The lowest BCUT2D eigenvalue weighted by atomic mass is 10.0. The zero-order chi connectivity index (χ0) is 51.5. The molecule has 8 rings (SSSR count). The fraction of sp³-hybridized carbons (Fsp3) is 0.500. The highest BCUT2D eigenvalue weighted by Crippen LogP contribution is 2.33. The van der Waals surface area contributed by atoms with Crippen molar-refractivity contribution in [2.45, 2.75) is 81.0 Å². The van der Waals surface area contributed by atoms with Gasteiger partial charge in [0, 0.05) is 94.1 Å². The van der Waals surface area contributed by atoms with Gasteiger partial charge in [-0.2, -0.15) is 0 Å². The first-order valence-corrected chi connectivity index (χ1v) is 26.6. The van der Waals surface area contributed by atoms with E-state index in [9.17, 15) is 32.4 Å². The van der Waals surface area contributed by atoms with Crippen LogP contribution in [0, 0.1) is 0 Å². The van der Waals surface area contributed by atoms with Gasteiger partial charge < -0.3 is 34.1 Å². The summed E-state index contributed by atoms with van der Waals surface area (Å²) in [6, 6.07) is 17.6. The summed E-state index contributed by atoms with van der Waals surface area (Å²) < 4.78 is 48.9. The minimum Gasteiger partial charge on any atom is -0.496 e. The predicted molar refractivity (Wildman–Crippen MR) is 269 cm³/mol. The molecule has 1 unspecified atom stereocenters. The number of hydrogen-bond donors (Lipinski definition) is 2. The molecule has 4 aliphatic heterocycles. The summed E-state index contributed by atoms with van der Waals surface area (Å²) in [6.07, 6.45) is 4.67. The number of piperazine rings is 1. The van der Waals surface area contributed by atoms with Crippen LogP contribution in [0.2, 0.25) is 0 Å². The van der Waals surface area contributed by atoms with E-state index in [1.807, 2.05) is 11.0 Å². The van der Waals surface area contributed by atoms with Crippen LogP contribution in [0.1, 0.15) is 89.4 Å². The van der Waals surface area contributed by atoms with Crippen molar-refractivity contribution < 1.29 is 51.3 Å². The van der Waals surface area contributed by atoms with E-state index in [2.05, 4.69) is 48.6 Å². The lowest BCUT2D eigenvalue weighted by molar-refractivity contribution is -0.136. The lowest BCUT2D eigenvalue weighted by Crippen LogP contribution is -2.54. The quantitative estimate of drug-likeness (QED) is 0.0802. The molecule has 3 aromatic carbocycles. The molecule has 5 amide bonds. The molecular weight excluding hydrogens is 959 g/mol. The molecule has 20 nitrogen and oxygen atoms in total. The molecule has 21 heteroatoms. The number of benzene rings is 3. The van der Waals surface area contributed by atoms with Crippen molar-refractivity contribution in [2.75, 3.05) is 103 Å². The molecule has 5 heterocycles. The molecule has 4 aliphatic rings. The topological polar surface area (TPSA) is 232 Å². The number of rotatable bonds is 23. The van der Waals surface area contributed by atoms with E-state index >= 15 is 0 Å². The largest absolute Gasteiger partial charge is 0.496 e. The van der Waals surface area contributed by atoms with E-state index in [1.54, 1.807) is 57.4 Å². The first-order valence-electron chi connectivity index (χ1n) is 25.1. The van der Waals surface area contributed by atoms with Crippen molar-refractivity contribution in [3.8, 4) is 5.75 Å². The summed E-state index contributed by atoms with van der Waals surface area (Å²) in [7, 11) is -1.81. The van der Waals surface area contributed by atoms with Gasteiger partial charge in [0.2, 0.25) is 17.7 Å². The van der Waals surface area contributed by atoms with E-state index in [-0.39, 0.29) is 36.3 Å². The second kappa shape index (κ2) is 24.6. The fourth-order valence-corrected chi connectivity index (χ4v) is 11.0. The molecule has 1 atom stereocenters. The number of piperidine rings is 2. The number of carbonyl (C=O) groups excluding carboxylic acids is 5. The Kier molecular flexibility index (Phi) is 17.8. The molecule has 0 bridgehead atoms. The minimum atomic E-state index is -3.47. The number of carbonyl (C=O) groups is 5. The average Bonchev–Trinajstić information content (AvgIpc) is 3.65. The second-order valence-electron chi connectivity index (χ2n) is 18.7. The van der Waals surface area contributed by atoms with Crippen molar-refractivity contribution in [2.24, 2.45) is 0 Å². The third-order valence-corrected chi connectivity index (χ3v) is 16.0. The standard InChI is InChI=1S/C52H65N9O11S/c1-35(2)73(67,68)44-10-5-4-7-37(44)32-46-55-34-54-45(56-46)31-36-11-12-39(33-43(36)69-3)58-19-15-38(16-20-58)59-21-23-60(24-22-59)48(63)17-25-70-27-29-72-30-28-71-26-18-53-41-9-6-8-40-49(41)52(66)61(51(40)65)42-13-14-47(62)57-50(42)64/h4-12,33-35,38,42,53H,13-32H2,1-3H3,(H,57,62,64). The minimum absolute atomic E-state index is 0.0541. The van der Waals surface area contributed by atoms with Gasteiger partial charge in [0.15, 0.2) is 9.84 Å². The molecule has 2 N–H and O–H groups in total. The van der Waals surface area contributed by atoms with Crippen LogP contribution < -0.4 is 20.3 Å². The molecular formula is C52H65N9O11S. The van der Waals surface area contributed by atoms with Gasteiger partial charge in [-0.1, -0.05) is 30.3 Å². The van der Waals surface area contributed by atoms with E-state index in [0.29, 0.717) is 106 Å². The number of amides is 5. The van der Waals surface area contributed by atoms with E-state index in [1.165, 1.54) is 6.33 Å². The fourth-order valence-electron chi connectivity index (χ4n) is 9.74. The Morgan fingerprint density at radius 3 is 2.16 bits per heavy atom. The van der Waals surface area contributed by atoms with E-state index in [0.717, 1.165) is 60.9 Å². The van der Waals surface area contributed by atoms with Crippen LogP contribution in [-0.4, -0.2) is 178 Å². The number of imide groups is 2. The zero-order valence-electron chi connectivity index (χ0n) is 41.8. The molecule has 0 aliphatic carbocycles. The van der Waals surface area contributed by atoms with Gasteiger partial charge in [-0.3, -0.25) is 39.1 Å². The van der Waals surface area contributed by atoms with Crippen LogP contribution in [0.5, 0.6) is 5.75 Å². The van der Waals surface area contributed by atoms with Crippen LogP contribution in [0.3, 0.4) is 0 Å². The van der Waals surface area contributed by atoms with Crippen LogP contribution in [0.25, 0.3) is 0 Å². The van der Waals surface area contributed by atoms with E-state index in [4.69, 9.17) is 23.9 Å². The molecule has 0 radical (unpaired) electrons. The van der Waals surface area contributed by atoms with Crippen molar-refractivity contribution in [3.63, 3.8) is 0 Å². The number of nitrogens with zero attached hydrogens (tertiary/aromatic N) is 7. The molecule has 73 heavy (non-hydrogen) atoms. The Balaban J connectivity index is 0.673. The van der Waals surface area contributed by atoms with Crippen molar-refractivity contribution in [1.29, 1.82) is 0 Å². The van der Waals surface area contributed by atoms with Crippen molar-refractivity contribution in [1.82, 2.24) is 35.0 Å². The number of ether oxygens (including phenoxy) is 4. The summed E-state index contributed by atoms with van der Waals surface area (Å²) in [6.45, 7) is 10.7. The Hall–Kier alpha value is -6.39. The van der Waals surface area contributed by atoms with Crippen LogP contribution in [0.4, 0.5) is 11.4 Å². The molecule has 4 aromatic rings. The van der Waals surface area contributed by atoms with Crippen LogP contribution >= 0.6 is 0 Å². The van der Waals surface area contributed by atoms with Gasteiger partial charge in [-0.05, 0) is 62.9 Å². The molecule has 3 fully saturated rings. The Morgan fingerprint density at radius 2 is 1.47 bits per heavy atom. The SMILES string of the molecule is COc1cc(N2CCC(N3CCN(C(=O)CCOCCOCCOCCNc4cccc5c4C(=O)N(C4CCC(=O)NC4=O)C5=O)CC3)CC2)ccc1Cc1ncnc(Cc2ccccc2S(=O)(=O)C(C)C)n1. The number of methoxy groups -OCH3 is 1. The number of aromatic nitrogens is 3. The van der Waals surface area contributed by atoms with Gasteiger partial charge in [0.05, 0.1) is 74.4 Å². The van der Waals surface area contributed by atoms with Crippen LogP contribution in [-0.2, 0) is 51.3 Å². The second-order valence-corrected chi connectivity index (χ2v) is 21.2. The van der Waals surface area contributed by atoms with Crippen molar-refractivity contribution >= 4 is 50.7 Å². The summed E-state index contributed by atoms with van der Waals surface area (Å²) in [5.41, 5.74) is 3.56. The third kappa shape index (κ3) is 12.9. The molecule has 0 spiro atoms. The lowest BCUT2D eigenvalue weighted by Gasteiger charge is -2.43.